The summed E-state index contributed by atoms with van der Waals surface area (Å²) in [5.41, 5.74) is 0. The van der Waals surface area contributed by atoms with E-state index < -0.39 is 0 Å². The fourth-order valence-electron chi connectivity index (χ4n) is 7.15. The Kier molecular flexibility index (Phi) is 42.6. The van der Waals surface area contributed by atoms with E-state index in [2.05, 4.69) is 56.1 Å². The van der Waals surface area contributed by atoms with Crippen molar-refractivity contribution < 1.29 is 5.11 Å². The molecule has 0 aliphatic carbocycles. The first-order valence-electron chi connectivity index (χ1n) is 22.2. The molecule has 0 rings (SSSR count). The molecule has 0 amide bonds. The van der Waals surface area contributed by atoms with Crippen molar-refractivity contribution in [3.8, 4) is 0 Å². The molecular formula is C44H91NOS2. The summed E-state index contributed by atoms with van der Waals surface area (Å²) >= 11 is 4.50. The Morgan fingerprint density at radius 2 is 0.708 bits per heavy atom. The normalized spacial score (nSPS) is 13.1. The Hall–Kier alpha value is 0.620. The lowest BCUT2D eigenvalue weighted by atomic mass is 9.97. The highest BCUT2D eigenvalue weighted by Gasteiger charge is 2.10. The third-order valence-corrected chi connectivity index (χ3v) is 13.1. The van der Waals surface area contributed by atoms with E-state index in [4.69, 9.17) is 0 Å². The number of rotatable bonds is 42. The van der Waals surface area contributed by atoms with Crippen LogP contribution in [0.3, 0.4) is 0 Å². The summed E-state index contributed by atoms with van der Waals surface area (Å²) in [4.78, 5) is 2.53. The smallest absolute Gasteiger partial charge is 0.0558 e. The molecular weight excluding hydrogens is 623 g/mol. The zero-order valence-electron chi connectivity index (χ0n) is 33.7. The molecule has 0 saturated carbocycles. The van der Waals surface area contributed by atoms with E-state index in [1.165, 1.54) is 229 Å². The van der Waals surface area contributed by atoms with E-state index in [0.717, 1.165) is 18.4 Å². The van der Waals surface area contributed by atoms with Crippen molar-refractivity contribution in [1.82, 2.24) is 4.90 Å². The standard InChI is InChI=1S/C44H91NOS2/c1-5-9-13-25-33-43(31-11-7-3)41-47-39-29-23-19-15-17-21-27-35-45(37-38-46)36-28-22-18-16-20-24-30-40-48-42-44(32-12-8-4)34-26-14-10-6-2/h43-44,46H,5-42H2,1-4H3. The Morgan fingerprint density at radius 3 is 1.08 bits per heavy atom. The van der Waals surface area contributed by atoms with E-state index >= 15 is 0 Å². The van der Waals surface area contributed by atoms with E-state index in [1.54, 1.807) is 0 Å². The largest absolute Gasteiger partial charge is 0.395 e. The molecule has 0 aromatic rings. The van der Waals surface area contributed by atoms with Crippen LogP contribution in [-0.4, -0.2) is 59.3 Å². The maximum atomic E-state index is 9.57. The zero-order valence-corrected chi connectivity index (χ0v) is 35.4. The number of aliphatic hydroxyl groups excluding tert-OH is 1. The van der Waals surface area contributed by atoms with Gasteiger partial charge in [0.25, 0.3) is 0 Å². The highest BCUT2D eigenvalue weighted by atomic mass is 32.2. The molecule has 0 fully saturated rings. The van der Waals surface area contributed by atoms with Gasteiger partial charge in [-0.15, -0.1) is 0 Å². The lowest BCUT2D eigenvalue weighted by molar-refractivity contribution is 0.190. The average molecular weight is 714 g/mol. The van der Waals surface area contributed by atoms with Crippen molar-refractivity contribution >= 4 is 23.5 Å². The van der Waals surface area contributed by atoms with Gasteiger partial charge in [0.05, 0.1) is 6.61 Å². The van der Waals surface area contributed by atoms with Gasteiger partial charge in [-0.05, 0) is 99.3 Å². The zero-order chi connectivity index (χ0) is 35.0. The molecule has 4 heteroatoms. The van der Waals surface area contributed by atoms with Crippen LogP contribution in [0.4, 0.5) is 0 Å². The molecule has 0 aromatic carbocycles. The van der Waals surface area contributed by atoms with E-state index in [1.807, 2.05) is 0 Å². The molecule has 0 saturated heterocycles. The lowest BCUT2D eigenvalue weighted by Crippen LogP contribution is -2.29. The van der Waals surface area contributed by atoms with Crippen LogP contribution in [0.2, 0.25) is 0 Å². The predicted molar refractivity (Wildman–Crippen MR) is 226 cm³/mol. The highest BCUT2D eigenvalue weighted by molar-refractivity contribution is 7.99. The fourth-order valence-corrected chi connectivity index (χ4v) is 9.63. The molecule has 0 heterocycles. The van der Waals surface area contributed by atoms with Crippen LogP contribution in [0.1, 0.15) is 220 Å². The van der Waals surface area contributed by atoms with E-state index in [0.29, 0.717) is 6.61 Å². The van der Waals surface area contributed by atoms with Gasteiger partial charge in [0, 0.05) is 6.54 Å². The number of thioether (sulfide) groups is 2. The molecule has 2 nitrogen and oxygen atoms in total. The summed E-state index contributed by atoms with van der Waals surface area (Å²) in [6.07, 6.45) is 42.3. The maximum absolute atomic E-state index is 9.57. The molecule has 0 aromatic heterocycles. The van der Waals surface area contributed by atoms with Crippen molar-refractivity contribution in [3.63, 3.8) is 0 Å². The Balaban J connectivity index is 3.68. The van der Waals surface area contributed by atoms with Gasteiger partial charge in [-0.25, -0.2) is 0 Å². The van der Waals surface area contributed by atoms with Crippen molar-refractivity contribution in [2.24, 2.45) is 11.8 Å². The van der Waals surface area contributed by atoms with Crippen molar-refractivity contribution in [2.45, 2.75) is 220 Å². The number of hydrogen-bond donors (Lipinski definition) is 1. The number of aliphatic hydroxyl groups is 1. The first-order valence-corrected chi connectivity index (χ1v) is 24.5. The molecule has 0 bridgehead atoms. The third-order valence-electron chi connectivity index (χ3n) is 10.5. The monoisotopic (exact) mass is 714 g/mol. The fraction of sp³-hybridized carbons (Fsp3) is 1.00. The summed E-state index contributed by atoms with van der Waals surface area (Å²) in [5, 5.41) is 9.57. The van der Waals surface area contributed by atoms with Gasteiger partial charge in [0.15, 0.2) is 0 Å². The van der Waals surface area contributed by atoms with Crippen LogP contribution in [0.5, 0.6) is 0 Å². The molecule has 0 spiro atoms. The molecule has 2 unspecified atom stereocenters. The van der Waals surface area contributed by atoms with Crippen LogP contribution < -0.4 is 0 Å². The summed E-state index contributed by atoms with van der Waals surface area (Å²) in [5.74, 6) is 7.54. The maximum Gasteiger partial charge on any atom is 0.0558 e. The van der Waals surface area contributed by atoms with Gasteiger partial charge < -0.3 is 10.0 Å². The van der Waals surface area contributed by atoms with Crippen LogP contribution in [-0.2, 0) is 0 Å². The summed E-state index contributed by atoms with van der Waals surface area (Å²) in [6.45, 7) is 12.9. The van der Waals surface area contributed by atoms with Crippen LogP contribution in [0.25, 0.3) is 0 Å². The van der Waals surface area contributed by atoms with Gasteiger partial charge in [-0.2, -0.15) is 23.5 Å². The Morgan fingerprint density at radius 1 is 0.375 bits per heavy atom. The molecule has 0 aliphatic heterocycles. The predicted octanol–water partition coefficient (Wildman–Crippen LogP) is 14.8. The second kappa shape index (κ2) is 42.0. The van der Waals surface area contributed by atoms with Gasteiger partial charge in [0.1, 0.15) is 0 Å². The van der Waals surface area contributed by atoms with Crippen molar-refractivity contribution in [2.75, 3.05) is 49.3 Å². The van der Waals surface area contributed by atoms with Gasteiger partial charge in [-0.3, -0.25) is 0 Å². The number of nitrogens with zero attached hydrogens (tertiary/aromatic N) is 1. The SMILES string of the molecule is CCCCCCC(CCCC)CSCCCCCCCCCN(CCO)CCCCCCCCCSCC(CCCC)CCCCCC. The van der Waals surface area contributed by atoms with Crippen LogP contribution >= 0.6 is 23.5 Å². The molecule has 0 aliphatic rings. The minimum Gasteiger partial charge on any atom is -0.395 e. The second-order valence-electron chi connectivity index (χ2n) is 15.4. The first-order chi connectivity index (χ1) is 23.7. The molecule has 0 radical (unpaired) electrons. The van der Waals surface area contributed by atoms with Gasteiger partial charge in [-0.1, -0.05) is 169 Å². The highest BCUT2D eigenvalue weighted by Crippen LogP contribution is 2.24. The molecule has 290 valence electrons. The third kappa shape index (κ3) is 36.4. The van der Waals surface area contributed by atoms with Crippen molar-refractivity contribution in [1.29, 1.82) is 0 Å². The van der Waals surface area contributed by atoms with E-state index in [9.17, 15) is 5.11 Å². The molecule has 48 heavy (non-hydrogen) atoms. The summed E-state index contributed by atoms with van der Waals surface area (Å²) < 4.78 is 0. The Bertz CT molecular complexity index is 530. The van der Waals surface area contributed by atoms with Crippen LogP contribution in [0, 0.1) is 11.8 Å². The minimum atomic E-state index is 0.312. The quantitative estimate of drug-likeness (QED) is 0.0636. The first kappa shape index (κ1) is 48.6. The number of unbranched alkanes of at least 4 members (excludes halogenated alkanes) is 20. The second-order valence-corrected chi connectivity index (χ2v) is 17.7. The number of hydrogen-bond acceptors (Lipinski definition) is 4. The van der Waals surface area contributed by atoms with Crippen molar-refractivity contribution in [3.05, 3.63) is 0 Å². The topological polar surface area (TPSA) is 23.5 Å². The lowest BCUT2D eigenvalue weighted by Gasteiger charge is -2.21. The minimum absolute atomic E-state index is 0.312. The van der Waals surface area contributed by atoms with Crippen LogP contribution in [0.15, 0.2) is 0 Å². The summed E-state index contributed by atoms with van der Waals surface area (Å²) in [7, 11) is 0. The van der Waals surface area contributed by atoms with Gasteiger partial charge >= 0.3 is 0 Å². The summed E-state index contributed by atoms with van der Waals surface area (Å²) in [6, 6.07) is 0. The van der Waals surface area contributed by atoms with E-state index in [-0.39, 0.29) is 0 Å². The molecule has 2 atom stereocenters. The molecule has 1 N–H and O–H groups in total. The Labute approximate surface area is 313 Å². The average Bonchev–Trinajstić information content (AvgIpc) is 3.10. The van der Waals surface area contributed by atoms with Gasteiger partial charge in [0.2, 0.25) is 0 Å².